The van der Waals surface area contributed by atoms with E-state index in [1.165, 1.54) is 0 Å². The van der Waals surface area contributed by atoms with E-state index in [2.05, 4.69) is 26.9 Å². The monoisotopic (exact) mass is 265 g/mol. The minimum absolute atomic E-state index is 0.271. The van der Waals surface area contributed by atoms with Gasteiger partial charge < -0.3 is 10.6 Å². The minimum Gasteiger partial charge on any atom is -0.369 e. The number of anilines is 1. The van der Waals surface area contributed by atoms with Gasteiger partial charge in [0.2, 0.25) is 0 Å². The van der Waals surface area contributed by atoms with Crippen molar-refractivity contribution in [2.24, 2.45) is 5.73 Å². The van der Waals surface area contributed by atoms with Crippen LogP contribution < -0.4 is 10.6 Å². The number of hydrogen-bond acceptors (Lipinski definition) is 3. The Kier molecular flexibility index (Phi) is 2.94. The maximum absolute atomic E-state index is 8.76. The van der Waals surface area contributed by atoms with E-state index in [4.69, 9.17) is 11.0 Å². The fourth-order valence-corrected chi connectivity index (χ4v) is 2.47. The third-order valence-corrected chi connectivity index (χ3v) is 3.28. The maximum atomic E-state index is 8.76. The Labute approximate surface area is 97.6 Å². The van der Waals surface area contributed by atoms with E-state index in [-0.39, 0.29) is 6.04 Å². The molecule has 0 aromatic heterocycles. The Bertz CT molecular complexity index is 411. The second kappa shape index (κ2) is 4.21. The van der Waals surface area contributed by atoms with Crippen LogP contribution in [-0.4, -0.2) is 19.1 Å². The molecule has 0 bridgehead atoms. The fraction of sp³-hybridized carbons (Fsp3) is 0.364. The zero-order valence-corrected chi connectivity index (χ0v) is 9.87. The summed E-state index contributed by atoms with van der Waals surface area (Å²) in [4.78, 5) is 2.25. The van der Waals surface area contributed by atoms with Crippen LogP contribution in [0.4, 0.5) is 5.69 Å². The molecule has 2 rings (SSSR count). The lowest BCUT2D eigenvalue weighted by molar-refractivity contribution is 0.752. The SMILES string of the molecule is N#Cc1ccc(N2CC[C@H](N)C2)c(Br)c1. The van der Waals surface area contributed by atoms with Crippen molar-refractivity contribution < 1.29 is 0 Å². The highest BCUT2D eigenvalue weighted by atomic mass is 79.9. The topological polar surface area (TPSA) is 53.0 Å². The first-order valence-electron chi connectivity index (χ1n) is 4.91. The molecule has 1 saturated heterocycles. The Balaban J connectivity index is 2.26. The van der Waals surface area contributed by atoms with Gasteiger partial charge >= 0.3 is 0 Å². The van der Waals surface area contributed by atoms with Crippen molar-refractivity contribution in [1.29, 1.82) is 5.26 Å². The van der Waals surface area contributed by atoms with Crippen LogP contribution in [0.2, 0.25) is 0 Å². The van der Waals surface area contributed by atoms with E-state index in [1.807, 2.05) is 18.2 Å². The first kappa shape index (κ1) is 10.5. The molecule has 0 radical (unpaired) electrons. The summed E-state index contributed by atoms with van der Waals surface area (Å²) in [6.45, 7) is 1.89. The Morgan fingerprint density at radius 1 is 1.53 bits per heavy atom. The number of halogens is 1. The first-order valence-corrected chi connectivity index (χ1v) is 5.70. The zero-order chi connectivity index (χ0) is 10.8. The van der Waals surface area contributed by atoms with E-state index in [0.29, 0.717) is 5.56 Å². The highest BCUT2D eigenvalue weighted by Gasteiger charge is 2.20. The average Bonchev–Trinajstić information content (AvgIpc) is 2.64. The van der Waals surface area contributed by atoms with Gasteiger partial charge in [-0.1, -0.05) is 0 Å². The highest BCUT2D eigenvalue weighted by molar-refractivity contribution is 9.10. The molecule has 0 amide bonds. The molecular formula is C11H12BrN3. The van der Waals surface area contributed by atoms with Crippen molar-refractivity contribution >= 4 is 21.6 Å². The number of rotatable bonds is 1. The lowest BCUT2D eigenvalue weighted by Gasteiger charge is -2.19. The van der Waals surface area contributed by atoms with Crippen molar-refractivity contribution in [2.75, 3.05) is 18.0 Å². The number of nitrogens with zero attached hydrogens (tertiary/aromatic N) is 2. The van der Waals surface area contributed by atoms with Gasteiger partial charge in [0.05, 0.1) is 17.3 Å². The quantitative estimate of drug-likeness (QED) is 0.844. The van der Waals surface area contributed by atoms with Crippen LogP contribution in [0.15, 0.2) is 22.7 Å². The van der Waals surface area contributed by atoms with Crippen LogP contribution in [-0.2, 0) is 0 Å². The summed E-state index contributed by atoms with van der Waals surface area (Å²) in [7, 11) is 0. The molecule has 2 N–H and O–H groups in total. The molecular weight excluding hydrogens is 254 g/mol. The minimum atomic E-state index is 0.271. The van der Waals surface area contributed by atoms with Crippen LogP contribution in [0.25, 0.3) is 0 Å². The summed E-state index contributed by atoms with van der Waals surface area (Å²) in [6, 6.07) is 8.05. The predicted molar refractivity (Wildman–Crippen MR) is 63.7 cm³/mol. The number of nitriles is 1. The second-order valence-electron chi connectivity index (χ2n) is 3.77. The van der Waals surface area contributed by atoms with Crippen LogP contribution in [0, 0.1) is 11.3 Å². The van der Waals surface area contributed by atoms with Crippen molar-refractivity contribution in [2.45, 2.75) is 12.5 Å². The summed E-state index contributed by atoms with van der Waals surface area (Å²) < 4.78 is 0.968. The molecule has 1 aromatic rings. The normalized spacial score (nSPS) is 20.3. The van der Waals surface area contributed by atoms with E-state index >= 15 is 0 Å². The Morgan fingerprint density at radius 3 is 2.87 bits per heavy atom. The van der Waals surface area contributed by atoms with Gasteiger partial charge in [-0.15, -0.1) is 0 Å². The molecule has 1 aliphatic heterocycles. The fourth-order valence-electron chi connectivity index (χ4n) is 1.84. The van der Waals surface area contributed by atoms with E-state index in [1.54, 1.807) is 0 Å². The zero-order valence-electron chi connectivity index (χ0n) is 8.28. The first-order chi connectivity index (χ1) is 7.20. The second-order valence-corrected chi connectivity index (χ2v) is 4.63. The van der Waals surface area contributed by atoms with Gasteiger partial charge in [0.15, 0.2) is 0 Å². The van der Waals surface area contributed by atoms with Gasteiger partial charge in [-0.05, 0) is 40.5 Å². The summed E-state index contributed by atoms with van der Waals surface area (Å²) in [5, 5.41) is 8.76. The largest absolute Gasteiger partial charge is 0.369 e. The van der Waals surface area contributed by atoms with Gasteiger partial charge in [0, 0.05) is 23.6 Å². The van der Waals surface area contributed by atoms with Gasteiger partial charge in [0.1, 0.15) is 0 Å². The van der Waals surface area contributed by atoms with Crippen molar-refractivity contribution in [1.82, 2.24) is 0 Å². The van der Waals surface area contributed by atoms with E-state index < -0.39 is 0 Å². The molecule has 1 atom stereocenters. The number of hydrogen-bond donors (Lipinski definition) is 1. The number of nitrogens with two attached hydrogens (primary N) is 1. The molecule has 1 aromatic carbocycles. The summed E-state index contributed by atoms with van der Waals surface area (Å²) in [6.07, 6.45) is 1.03. The molecule has 78 valence electrons. The Hall–Kier alpha value is -1.05. The maximum Gasteiger partial charge on any atom is 0.0992 e. The van der Waals surface area contributed by atoms with E-state index in [0.717, 1.165) is 29.7 Å². The lowest BCUT2D eigenvalue weighted by atomic mass is 10.2. The van der Waals surface area contributed by atoms with Gasteiger partial charge in [-0.3, -0.25) is 0 Å². The Morgan fingerprint density at radius 2 is 2.33 bits per heavy atom. The van der Waals surface area contributed by atoms with Gasteiger partial charge in [0.25, 0.3) is 0 Å². The van der Waals surface area contributed by atoms with Gasteiger partial charge in [-0.25, -0.2) is 0 Å². The summed E-state index contributed by atoms with van der Waals surface area (Å²) in [5.41, 5.74) is 7.66. The third kappa shape index (κ3) is 2.14. The average molecular weight is 266 g/mol. The van der Waals surface area contributed by atoms with Crippen molar-refractivity contribution in [3.05, 3.63) is 28.2 Å². The predicted octanol–water partition coefficient (Wildman–Crippen LogP) is 1.86. The molecule has 1 aliphatic rings. The van der Waals surface area contributed by atoms with Crippen molar-refractivity contribution in [3.8, 4) is 6.07 Å². The molecule has 1 fully saturated rings. The molecule has 0 saturated carbocycles. The van der Waals surface area contributed by atoms with Crippen molar-refractivity contribution in [3.63, 3.8) is 0 Å². The molecule has 4 heteroatoms. The molecule has 0 spiro atoms. The molecule has 15 heavy (non-hydrogen) atoms. The molecule has 0 unspecified atom stereocenters. The smallest absolute Gasteiger partial charge is 0.0992 e. The standard InChI is InChI=1S/C11H12BrN3/c12-10-5-8(6-13)1-2-11(10)15-4-3-9(14)7-15/h1-2,5,9H,3-4,7,14H2/t9-/m0/s1. The van der Waals surface area contributed by atoms with Gasteiger partial charge in [-0.2, -0.15) is 5.26 Å². The summed E-state index contributed by atoms with van der Waals surface area (Å²) >= 11 is 3.48. The highest BCUT2D eigenvalue weighted by Crippen LogP contribution is 2.29. The number of benzene rings is 1. The van der Waals surface area contributed by atoms with Crippen LogP contribution >= 0.6 is 15.9 Å². The van der Waals surface area contributed by atoms with Crippen LogP contribution in [0.5, 0.6) is 0 Å². The summed E-state index contributed by atoms with van der Waals surface area (Å²) in [5.74, 6) is 0. The molecule has 3 nitrogen and oxygen atoms in total. The van der Waals surface area contributed by atoms with E-state index in [9.17, 15) is 0 Å². The lowest BCUT2D eigenvalue weighted by Crippen LogP contribution is -2.26. The molecule has 1 heterocycles. The van der Waals surface area contributed by atoms with Crippen LogP contribution in [0.3, 0.4) is 0 Å². The molecule has 0 aliphatic carbocycles. The van der Waals surface area contributed by atoms with Crippen LogP contribution in [0.1, 0.15) is 12.0 Å². The third-order valence-electron chi connectivity index (χ3n) is 2.64.